The molecule has 0 fully saturated rings. The van der Waals surface area contributed by atoms with Gasteiger partial charge in [-0.1, -0.05) is 47.0 Å². The predicted molar refractivity (Wildman–Crippen MR) is 134 cm³/mol. The van der Waals surface area contributed by atoms with Crippen molar-refractivity contribution in [3.05, 3.63) is 86.2 Å². The molecule has 185 valence electrons. The molecule has 0 bridgehead atoms. The molecule has 0 aliphatic heterocycles. The van der Waals surface area contributed by atoms with Crippen LogP contribution >= 0.6 is 11.6 Å². The minimum Gasteiger partial charge on any atom is -1.00 e. The molecule has 3 nitrogen and oxygen atoms in total. The Labute approximate surface area is 266 Å². The van der Waals surface area contributed by atoms with E-state index in [0.29, 0.717) is 5.02 Å². The van der Waals surface area contributed by atoms with Crippen molar-refractivity contribution in [1.82, 2.24) is 4.98 Å². The zero-order chi connectivity index (χ0) is 22.9. The Morgan fingerprint density at radius 3 is 1.17 bits per heavy atom. The summed E-state index contributed by atoms with van der Waals surface area (Å²) in [7, 11) is 0. The Hall–Kier alpha value is -0.559. The van der Waals surface area contributed by atoms with E-state index in [-0.39, 0.29) is 78.1 Å². The minimum absolute atomic E-state index is 0. The normalized spacial score (nSPS) is 11.0. The smallest absolute Gasteiger partial charge is 1.00 e. The maximum Gasteiger partial charge on any atom is 3.00 e. The van der Waals surface area contributed by atoms with Gasteiger partial charge in [-0.25, -0.2) is 4.98 Å². The van der Waals surface area contributed by atoms with Gasteiger partial charge in [-0.3, -0.25) is 9.98 Å². The maximum atomic E-state index is 6.46. The third kappa shape index (κ3) is 9.36. The van der Waals surface area contributed by atoms with Crippen LogP contribution < -0.4 is 37.2 Å². The van der Waals surface area contributed by atoms with Crippen LogP contribution in [0.1, 0.15) is 58.6 Å². The molecule has 0 spiro atoms. The van der Waals surface area contributed by atoms with Crippen LogP contribution in [0.3, 0.4) is 0 Å². The first-order valence-corrected chi connectivity index (χ1v) is 10.9. The minimum atomic E-state index is 0. The van der Waals surface area contributed by atoms with Gasteiger partial charge in [0.2, 0.25) is 0 Å². The number of aromatic nitrogens is 1. The molecule has 8 heteroatoms. The molecule has 0 amide bonds. The first-order valence-electron chi connectivity index (χ1n) is 10.5. The van der Waals surface area contributed by atoms with Crippen molar-refractivity contribution in [2.45, 2.75) is 55.4 Å². The van der Waals surface area contributed by atoms with Crippen molar-refractivity contribution in [3.8, 4) is 0 Å². The van der Waals surface area contributed by atoms with Gasteiger partial charge in [-0.2, -0.15) is 0 Å². The molecule has 0 N–H and O–H groups in total. The van der Waals surface area contributed by atoms with E-state index in [1.54, 1.807) is 0 Å². The molecule has 1 radical (unpaired) electrons. The number of halogens is 4. The second-order valence-corrected chi connectivity index (χ2v) is 8.88. The number of hydrogen-bond donors (Lipinski definition) is 0. The molecule has 0 atom stereocenters. The summed E-state index contributed by atoms with van der Waals surface area (Å²) in [6, 6.07) is 12.3. The van der Waals surface area contributed by atoms with Gasteiger partial charge in [0.15, 0.2) is 0 Å². The number of aliphatic imine (C=N–C) groups is 2. The zero-order valence-corrected chi connectivity index (χ0v) is 27.5. The van der Waals surface area contributed by atoms with Gasteiger partial charge < -0.3 is 37.2 Å². The van der Waals surface area contributed by atoms with Crippen LogP contribution in [0.2, 0.25) is 5.02 Å². The Kier molecular flexibility index (Phi) is 16.4. The summed E-state index contributed by atoms with van der Waals surface area (Å²) in [5.74, 6) is 0. The summed E-state index contributed by atoms with van der Waals surface area (Å²) in [5.41, 5.74) is 12.2. The van der Waals surface area contributed by atoms with E-state index in [1.165, 1.54) is 11.1 Å². The average molecular weight is 683 g/mol. The Morgan fingerprint density at radius 2 is 0.886 bits per heavy atom. The van der Waals surface area contributed by atoms with Gasteiger partial charge in [0, 0.05) is 5.02 Å². The Bertz CT molecular complexity index is 1100. The molecule has 3 rings (SSSR count). The largest absolute Gasteiger partial charge is 3.00 e. The van der Waals surface area contributed by atoms with E-state index < -0.39 is 0 Å². The molecule has 3 aromatic rings. The molecule has 1 heterocycles. The van der Waals surface area contributed by atoms with E-state index in [4.69, 9.17) is 26.6 Å². The van der Waals surface area contributed by atoms with E-state index in [9.17, 15) is 0 Å². The first-order chi connectivity index (χ1) is 14.5. The van der Waals surface area contributed by atoms with E-state index in [2.05, 4.69) is 65.8 Å². The SMILES string of the molecule is CC(=Nc1c(C)cc(C)cc1C)c1cc(Cl)cc(C(C)=Nc2c(C)cc(C)cc2C)n1.[Cl-].[Cl-].[Cl-].[Nd+3]. The topological polar surface area (TPSA) is 37.6 Å². The monoisotopic (exact) mass is 678 g/mol. The number of hydrogen-bond acceptors (Lipinski definition) is 3. The van der Waals surface area contributed by atoms with Crippen molar-refractivity contribution in [2.75, 3.05) is 0 Å². The second kappa shape index (κ2) is 15.6. The molecular formula is C27H30Cl4N3Nd. The third-order valence-electron chi connectivity index (χ3n) is 5.36. The fourth-order valence-electron chi connectivity index (χ4n) is 4.02. The van der Waals surface area contributed by atoms with E-state index in [0.717, 1.165) is 56.4 Å². The van der Waals surface area contributed by atoms with Crippen molar-refractivity contribution < 1.29 is 78.1 Å². The summed E-state index contributed by atoms with van der Waals surface area (Å²) >= 11 is 6.46. The number of rotatable bonds is 4. The number of benzene rings is 2. The molecule has 1 aromatic heterocycles. The van der Waals surface area contributed by atoms with Crippen LogP contribution in [-0.4, -0.2) is 16.4 Å². The molecule has 35 heavy (non-hydrogen) atoms. The second-order valence-electron chi connectivity index (χ2n) is 8.44. The van der Waals surface area contributed by atoms with Gasteiger partial charge in [0.1, 0.15) is 0 Å². The molecular weight excluding hydrogens is 652 g/mol. The third-order valence-corrected chi connectivity index (χ3v) is 5.58. The van der Waals surface area contributed by atoms with Crippen molar-refractivity contribution in [2.24, 2.45) is 9.98 Å². The Morgan fingerprint density at radius 1 is 0.600 bits per heavy atom. The molecule has 0 unspecified atom stereocenters. The average Bonchev–Trinajstić information content (AvgIpc) is 2.66. The van der Waals surface area contributed by atoms with Gasteiger partial charge in [0.05, 0.1) is 34.2 Å². The number of aryl methyl sites for hydroxylation is 6. The van der Waals surface area contributed by atoms with Crippen molar-refractivity contribution in [1.29, 1.82) is 0 Å². The van der Waals surface area contributed by atoms with Crippen LogP contribution in [0.4, 0.5) is 11.4 Å². The van der Waals surface area contributed by atoms with Crippen LogP contribution in [0.25, 0.3) is 0 Å². The molecule has 0 saturated heterocycles. The molecule has 0 saturated carbocycles. The van der Waals surface area contributed by atoms with Gasteiger partial charge in [0.25, 0.3) is 0 Å². The van der Waals surface area contributed by atoms with Crippen LogP contribution in [0.15, 0.2) is 46.4 Å². The summed E-state index contributed by atoms with van der Waals surface area (Å²) in [5, 5.41) is 0.624. The summed E-state index contributed by atoms with van der Waals surface area (Å²) in [6.45, 7) is 16.5. The molecule has 0 aliphatic rings. The van der Waals surface area contributed by atoms with Gasteiger partial charge in [-0.15, -0.1) is 0 Å². The zero-order valence-electron chi connectivity index (χ0n) is 21.3. The summed E-state index contributed by atoms with van der Waals surface area (Å²) < 4.78 is 0. The number of nitrogens with zero attached hydrogens (tertiary/aromatic N) is 3. The van der Waals surface area contributed by atoms with Crippen molar-refractivity contribution >= 4 is 34.4 Å². The van der Waals surface area contributed by atoms with E-state index in [1.807, 2.05) is 26.0 Å². The van der Waals surface area contributed by atoms with Gasteiger partial charge in [-0.05, 0) is 89.8 Å². The maximum absolute atomic E-state index is 6.46. The quantitative estimate of drug-likeness (QED) is 0.322. The van der Waals surface area contributed by atoms with Crippen LogP contribution in [-0.2, 0) is 0 Å². The van der Waals surface area contributed by atoms with Crippen LogP contribution in [0, 0.1) is 82.4 Å². The fraction of sp³-hybridized carbons (Fsp3) is 0.296. The molecule has 0 aliphatic carbocycles. The predicted octanol–water partition coefficient (Wildman–Crippen LogP) is -1.12. The Balaban J connectivity index is 0. The first kappa shape index (κ1) is 36.6. The summed E-state index contributed by atoms with van der Waals surface area (Å²) in [6.07, 6.45) is 0. The van der Waals surface area contributed by atoms with Crippen LogP contribution in [0.5, 0.6) is 0 Å². The molecule has 2 aromatic carbocycles. The summed E-state index contributed by atoms with van der Waals surface area (Å²) in [4.78, 5) is 14.6. The van der Waals surface area contributed by atoms with Gasteiger partial charge >= 0.3 is 40.8 Å². The van der Waals surface area contributed by atoms with Crippen molar-refractivity contribution in [3.63, 3.8) is 0 Å². The standard InChI is InChI=1S/C27H30ClN3.3ClH.Nd/c1-15-9-17(3)26(18(4)10-15)29-21(7)24-13-23(28)14-25(31-24)22(8)30-27-19(5)11-16(2)12-20(27)6;;;;/h9-14H,1-8H3;3*1H;/q;;;;+3/p-3. The number of pyridine rings is 1. The fourth-order valence-corrected chi connectivity index (χ4v) is 4.22. The van der Waals surface area contributed by atoms with E-state index >= 15 is 0 Å².